The van der Waals surface area contributed by atoms with Crippen LogP contribution in [-0.2, 0) is 19.1 Å². The van der Waals surface area contributed by atoms with Crippen LogP contribution in [0.5, 0.6) is 0 Å². The Morgan fingerprint density at radius 1 is 0.882 bits per heavy atom. The molecule has 9 atom stereocenters. The predicted octanol–water partition coefficient (Wildman–Crippen LogP) is 8.91. The smallest absolute Gasteiger partial charge is 0.309 e. The van der Waals surface area contributed by atoms with E-state index in [2.05, 4.69) is 53.8 Å². The normalized spacial score (nSPS) is 40.3. The first kappa shape index (κ1) is 39.0. The summed E-state index contributed by atoms with van der Waals surface area (Å²) in [5.74, 6) is 0.944. The standard InChI is InChI=1S/C44H71NO6/c1-27(2)36-30(46)23-44(33(47)26-45-25-28-13-11-10-12-14-28)22-21-42(8)29(37(36)44)15-16-32-41(7)19-18-34(51-35(48)24-39(3,4)38(49)50)40(5,6)31(41)17-20-43(32,42)9/h27-29,31-34,45,47H,10-26H2,1-9H3,(H,49,50)/t29-,31+,32-,33+,34+,41+,42-,43-,44+/m1/s1. The fraction of sp³-hybridized carbons (Fsp3) is 0.886. The maximum Gasteiger partial charge on any atom is 0.309 e. The van der Waals surface area contributed by atoms with Gasteiger partial charge in [0.15, 0.2) is 5.78 Å². The van der Waals surface area contributed by atoms with E-state index < -0.39 is 28.9 Å². The average Bonchev–Trinajstić information content (AvgIpc) is 3.36. The third-order valence-electron chi connectivity index (χ3n) is 17.0. The first-order chi connectivity index (χ1) is 23.7. The molecular weight excluding hydrogens is 638 g/mol. The van der Waals surface area contributed by atoms with Crippen molar-refractivity contribution in [1.29, 1.82) is 0 Å². The Morgan fingerprint density at radius 2 is 1.57 bits per heavy atom. The second-order valence-electron chi connectivity index (χ2n) is 20.7. The van der Waals surface area contributed by atoms with E-state index in [9.17, 15) is 24.6 Å². The molecule has 0 aromatic carbocycles. The zero-order valence-corrected chi connectivity index (χ0v) is 33.6. The molecule has 7 nitrogen and oxygen atoms in total. The van der Waals surface area contributed by atoms with Gasteiger partial charge in [-0.1, -0.05) is 73.3 Å². The second kappa shape index (κ2) is 13.5. The molecule has 0 saturated heterocycles. The molecule has 0 aliphatic heterocycles. The van der Waals surface area contributed by atoms with Gasteiger partial charge in [0.1, 0.15) is 6.10 Å². The number of nitrogens with one attached hydrogen (secondary N) is 1. The van der Waals surface area contributed by atoms with Gasteiger partial charge in [0.2, 0.25) is 0 Å². The Hall–Kier alpha value is -1.73. The first-order valence-corrected chi connectivity index (χ1v) is 20.8. The lowest BCUT2D eigenvalue weighted by atomic mass is 9.33. The number of aliphatic hydroxyl groups is 1. The van der Waals surface area contributed by atoms with Crippen LogP contribution < -0.4 is 5.32 Å². The summed E-state index contributed by atoms with van der Waals surface area (Å²) in [6, 6.07) is 0. The molecule has 7 heteroatoms. The Bertz CT molecular complexity index is 1410. The molecular formula is C44H71NO6. The van der Waals surface area contributed by atoms with Gasteiger partial charge in [0.25, 0.3) is 0 Å². The molecule has 0 bridgehead atoms. The minimum Gasteiger partial charge on any atom is -0.481 e. The maximum atomic E-state index is 14.0. The van der Waals surface area contributed by atoms with Crippen molar-refractivity contribution in [2.75, 3.05) is 13.1 Å². The van der Waals surface area contributed by atoms with Crippen LogP contribution in [0.15, 0.2) is 11.1 Å². The number of fused-ring (bicyclic) bond motifs is 7. The average molecular weight is 710 g/mol. The van der Waals surface area contributed by atoms with Crippen molar-refractivity contribution < 1.29 is 29.3 Å². The second-order valence-corrected chi connectivity index (χ2v) is 20.7. The lowest BCUT2D eigenvalue weighted by Crippen LogP contribution is -2.66. The zero-order chi connectivity index (χ0) is 37.4. The number of carbonyl (C=O) groups is 3. The quantitative estimate of drug-likeness (QED) is 0.194. The summed E-state index contributed by atoms with van der Waals surface area (Å²) < 4.78 is 6.17. The van der Waals surface area contributed by atoms with Gasteiger partial charge in [0.05, 0.1) is 17.9 Å². The lowest BCUT2D eigenvalue weighted by Gasteiger charge is -2.72. The summed E-state index contributed by atoms with van der Waals surface area (Å²) in [6.07, 6.45) is 14.2. The van der Waals surface area contributed by atoms with Crippen molar-refractivity contribution in [3.05, 3.63) is 11.1 Å². The number of carboxylic acid groups (broad SMARTS) is 1. The number of esters is 1. The molecule has 3 N–H and O–H groups in total. The highest BCUT2D eigenvalue weighted by Crippen LogP contribution is 2.77. The Morgan fingerprint density at radius 3 is 2.22 bits per heavy atom. The number of aliphatic hydroxyl groups excluding tert-OH is 1. The van der Waals surface area contributed by atoms with Crippen LogP contribution >= 0.6 is 0 Å². The number of carbonyl (C=O) groups excluding carboxylic acids is 2. The van der Waals surface area contributed by atoms with Crippen LogP contribution in [0.2, 0.25) is 0 Å². The van der Waals surface area contributed by atoms with Gasteiger partial charge in [-0.25, -0.2) is 0 Å². The Balaban J connectivity index is 1.25. The number of ketones is 1. The van der Waals surface area contributed by atoms with E-state index in [1.807, 2.05) is 0 Å². The van der Waals surface area contributed by atoms with E-state index in [-0.39, 0.29) is 45.9 Å². The van der Waals surface area contributed by atoms with Crippen LogP contribution in [0, 0.1) is 62.1 Å². The molecule has 6 aliphatic rings. The highest BCUT2D eigenvalue weighted by Gasteiger charge is 2.70. The summed E-state index contributed by atoms with van der Waals surface area (Å²) in [6.45, 7) is 21.3. The number of carboxylic acids is 1. The predicted molar refractivity (Wildman–Crippen MR) is 201 cm³/mol. The number of hydrogen-bond donors (Lipinski definition) is 3. The van der Waals surface area contributed by atoms with Crippen molar-refractivity contribution in [3.8, 4) is 0 Å². The number of aliphatic carboxylic acids is 1. The van der Waals surface area contributed by atoms with E-state index >= 15 is 0 Å². The molecule has 0 heterocycles. The molecule has 0 aromatic rings. The highest BCUT2D eigenvalue weighted by molar-refractivity contribution is 6.00. The topological polar surface area (TPSA) is 113 Å². The molecule has 0 aromatic heterocycles. The summed E-state index contributed by atoms with van der Waals surface area (Å²) >= 11 is 0. The summed E-state index contributed by atoms with van der Waals surface area (Å²) in [7, 11) is 0. The van der Waals surface area contributed by atoms with E-state index in [0.29, 0.717) is 36.6 Å². The molecule has 6 aliphatic carbocycles. The third kappa shape index (κ3) is 6.18. The monoisotopic (exact) mass is 710 g/mol. The maximum absolute atomic E-state index is 14.0. The molecule has 5 saturated carbocycles. The van der Waals surface area contributed by atoms with Crippen LogP contribution in [0.3, 0.4) is 0 Å². The fourth-order valence-electron chi connectivity index (χ4n) is 13.9. The third-order valence-corrected chi connectivity index (χ3v) is 17.0. The van der Waals surface area contributed by atoms with Crippen LogP contribution in [0.25, 0.3) is 0 Å². The van der Waals surface area contributed by atoms with E-state index in [4.69, 9.17) is 4.74 Å². The molecule has 51 heavy (non-hydrogen) atoms. The van der Waals surface area contributed by atoms with Gasteiger partial charge in [-0.3, -0.25) is 14.4 Å². The lowest BCUT2D eigenvalue weighted by molar-refractivity contribution is -0.235. The van der Waals surface area contributed by atoms with Crippen LogP contribution in [0.4, 0.5) is 0 Å². The van der Waals surface area contributed by atoms with E-state index in [0.717, 1.165) is 63.5 Å². The minimum absolute atomic E-state index is 0.0264. The van der Waals surface area contributed by atoms with E-state index in [1.54, 1.807) is 13.8 Å². The van der Waals surface area contributed by atoms with Crippen molar-refractivity contribution in [1.82, 2.24) is 5.32 Å². The molecule has 288 valence electrons. The summed E-state index contributed by atoms with van der Waals surface area (Å²) in [5.41, 5.74) is 0.747. The molecule has 0 amide bonds. The molecule has 5 fully saturated rings. The van der Waals surface area contributed by atoms with E-state index in [1.165, 1.54) is 37.7 Å². The highest BCUT2D eigenvalue weighted by atomic mass is 16.5. The molecule has 0 spiro atoms. The van der Waals surface area contributed by atoms with Crippen molar-refractivity contribution in [3.63, 3.8) is 0 Å². The SMILES string of the molecule is CC(C)C1=C2[C@H]3CC[C@@H]4[C@@]5(C)CC[C@H](OC(=O)CC(C)(C)C(=O)O)C(C)(C)[C@@H]5CC[C@@]4(C)[C@]3(C)CC[C@@]2([C@@H](O)CNCC2CCCCC2)CC1=O. The summed E-state index contributed by atoms with van der Waals surface area (Å²) in [5, 5.41) is 25.5. The Labute approximate surface area is 308 Å². The van der Waals surface area contributed by atoms with Crippen molar-refractivity contribution in [2.45, 2.75) is 171 Å². The number of hydrogen-bond acceptors (Lipinski definition) is 6. The molecule has 6 rings (SSSR count). The molecule has 0 unspecified atom stereocenters. The number of ether oxygens (including phenoxy) is 1. The van der Waals surface area contributed by atoms with Crippen molar-refractivity contribution >= 4 is 17.7 Å². The van der Waals surface area contributed by atoms with Gasteiger partial charge in [-0.15, -0.1) is 0 Å². The largest absolute Gasteiger partial charge is 0.481 e. The number of Topliss-reactive ketones (excluding diaryl/α,β-unsaturated/α-hetero) is 1. The zero-order valence-electron chi connectivity index (χ0n) is 33.6. The van der Waals surface area contributed by atoms with Crippen molar-refractivity contribution in [2.24, 2.45) is 62.1 Å². The van der Waals surface area contributed by atoms with Gasteiger partial charge >= 0.3 is 11.9 Å². The van der Waals surface area contributed by atoms with Crippen LogP contribution in [-0.4, -0.2) is 53.2 Å². The Kier molecular flexibility index (Phi) is 10.3. The van der Waals surface area contributed by atoms with Gasteiger partial charge in [-0.2, -0.15) is 0 Å². The number of allylic oxidation sites excluding steroid dienone is 1. The fourth-order valence-corrected chi connectivity index (χ4v) is 13.9. The minimum atomic E-state index is -1.15. The molecule has 0 radical (unpaired) electrons. The van der Waals surface area contributed by atoms with Gasteiger partial charge < -0.3 is 20.3 Å². The van der Waals surface area contributed by atoms with Gasteiger partial charge in [0, 0.05) is 23.8 Å². The summed E-state index contributed by atoms with van der Waals surface area (Å²) in [4.78, 5) is 38.9. The van der Waals surface area contributed by atoms with Crippen LogP contribution in [0.1, 0.15) is 159 Å². The van der Waals surface area contributed by atoms with Gasteiger partial charge in [-0.05, 0) is 136 Å². The first-order valence-electron chi connectivity index (χ1n) is 20.8. The number of rotatable bonds is 10.